The van der Waals surface area contributed by atoms with Gasteiger partial charge in [0.2, 0.25) is 0 Å². The van der Waals surface area contributed by atoms with Crippen molar-refractivity contribution < 1.29 is 9.53 Å². The summed E-state index contributed by atoms with van der Waals surface area (Å²) in [7, 11) is 0. The van der Waals surface area contributed by atoms with Gasteiger partial charge in [-0.3, -0.25) is 4.79 Å². The highest BCUT2D eigenvalue weighted by molar-refractivity contribution is 9.09. The van der Waals surface area contributed by atoms with Gasteiger partial charge < -0.3 is 15.4 Å². The van der Waals surface area contributed by atoms with Gasteiger partial charge in [-0.25, -0.2) is 0 Å². The molecule has 1 rings (SSSR count). The molecule has 4 nitrogen and oxygen atoms in total. The van der Waals surface area contributed by atoms with Crippen LogP contribution in [0.2, 0.25) is 0 Å². The van der Waals surface area contributed by atoms with E-state index in [1.165, 1.54) is 0 Å². The number of alkyl halides is 2. The van der Waals surface area contributed by atoms with Gasteiger partial charge in [0, 0.05) is 30.2 Å². The third kappa shape index (κ3) is 5.18. The van der Waals surface area contributed by atoms with Crippen molar-refractivity contribution in [3.63, 3.8) is 0 Å². The van der Waals surface area contributed by atoms with Gasteiger partial charge in [-0.05, 0) is 25.0 Å². The summed E-state index contributed by atoms with van der Waals surface area (Å²) in [4.78, 5) is 14.0. The summed E-state index contributed by atoms with van der Waals surface area (Å²) in [5.74, 6) is 0.240. The van der Waals surface area contributed by atoms with E-state index in [1.54, 1.807) is 0 Å². The number of halogens is 2. The van der Waals surface area contributed by atoms with E-state index in [4.69, 9.17) is 10.5 Å². The molecule has 0 spiro atoms. The number of carbonyl (C=O) groups excluding carboxylic acids is 1. The lowest BCUT2D eigenvalue weighted by Gasteiger charge is -2.26. The van der Waals surface area contributed by atoms with Crippen molar-refractivity contribution in [3.05, 3.63) is 17.7 Å². The number of nitrogens with two attached hydrogens (primary N) is 1. The highest BCUT2D eigenvalue weighted by atomic mass is 79.9. The fourth-order valence-corrected chi connectivity index (χ4v) is 2.82. The molecular weight excluding hydrogens is 400 g/mol. The summed E-state index contributed by atoms with van der Waals surface area (Å²) < 4.78 is 5.53. The van der Waals surface area contributed by atoms with E-state index in [1.807, 2.05) is 26.0 Å². The van der Waals surface area contributed by atoms with Crippen LogP contribution >= 0.6 is 31.9 Å². The molecule has 0 amide bonds. The second-order valence-corrected chi connectivity index (χ2v) is 6.32. The van der Waals surface area contributed by atoms with Gasteiger partial charge >= 0.3 is 5.97 Å². The lowest BCUT2D eigenvalue weighted by molar-refractivity contribution is -0.134. The number of nitrogen functional groups attached to an aromatic ring is 1. The fourth-order valence-electron chi connectivity index (χ4n) is 1.97. The van der Waals surface area contributed by atoms with E-state index in [-0.39, 0.29) is 5.97 Å². The molecule has 0 unspecified atom stereocenters. The van der Waals surface area contributed by atoms with Crippen LogP contribution < -0.4 is 15.4 Å². The molecule has 2 N–H and O–H groups in total. The molecule has 21 heavy (non-hydrogen) atoms. The zero-order valence-electron chi connectivity index (χ0n) is 12.5. The maximum absolute atomic E-state index is 11.9. The first-order valence-corrected chi connectivity index (χ1v) is 9.26. The molecule has 118 valence electrons. The molecule has 0 saturated carbocycles. The number of benzene rings is 1. The predicted molar refractivity (Wildman–Crippen MR) is 95.9 cm³/mol. The Morgan fingerprint density at radius 3 is 2.43 bits per heavy atom. The number of carbonyl (C=O) groups is 1. The van der Waals surface area contributed by atoms with E-state index in [9.17, 15) is 4.79 Å². The van der Waals surface area contributed by atoms with Crippen LogP contribution in [0.15, 0.2) is 12.1 Å². The lowest BCUT2D eigenvalue weighted by atomic mass is 10.1. The Labute approximate surface area is 143 Å². The Morgan fingerprint density at radius 1 is 1.29 bits per heavy atom. The third-order valence-corrected chi connectivity index (χ3v) is 3.82. The Kier molecular flexibility index (Phi) is 8.11. The minimum absolute atomic E-state index is 0.242. The highest BCUT2D eigenvalue weighted by Crippen LogP contribution is 2.37. The van der Waals surface area contributed by atoms with Crippen LogP contribution in [0, 0.1) is 6.92 Å². The molecule has 1 aromatic carbocycles. The zero-order chi connectivity index (χ0) is 15.8. The van der Waals surface area contributed by atoms with Crippen molar-refractivity contribution in [2.24, 2.45) is 0 Å². The minimum atomic E-state index is -0.242. The molecule has 0 aliphatic rings. The van der Waals surface area contributed by atoms with Crippen LogP contribution in [0.3, 0.4) is 0 Å². The lowest BCUT2D eigenvalue weighted by Crippen LogP contribution is -2.28. The van der Waals surface area contributed by atoms with E-state index < -0.39 is 0 Å². The Bertz CT molecular complexity index is 475. The number of esters is 1. The Hall–Kier alpha value is -0.750. The number of hydrogen-bond acceptors (Lipinski definition) is 4. The minimum Gasteiger partial charge on any atom is -0.422 e. The topological polar surface area (TPSA) is 55.6 Å². The summed E-state index contributed by atoms with van der Waals surface area (Å²) in [6, 6.07) is 3.92. The number of aryl methyl sites for hydroxylation is 1. The molecule has 0 aliphatic heterocycles. The van der Waals surface area contributed by atoms with Gasteiger partial charge in [0.05, 0.1) is 11.4 Å². The van der Waals surface area contributed by atoms with Crippen molar-refractivity contribution in [1.82, 2.24) is 0 Å². The molecule has 0 heterocycles. The van der Waals surface area contributed by atoms with Gasteiger partial charge in [0.25, 0.3) is 0 Å². The quantitative estimate of drug-likeness (QED) is 0.299. The summed E-state index contributed by atoms with van der Waals surface area (Å²) in [6.45, 7) is 5.48. The summed E-state index contributed by atoms with van der Waals surface area (Å²) in [6.07, 6.45) is 1.15. The fraction of sp³-hybridized carbons (Fsp3) is 0.533. The second-order valence-electron chi connectivity index (χ2n) is 4.73. The van der Waals surface area contributed by atoms with Crippen LogP contribution in [0.5, 0.6) is 5.75 Å². The third-order valence-electron chi connectivity index (χ3n) is 3.11. The monoisotopic (exact) mass is 420 g/mol. The number of nitrogens with zero attached hydrogens (tertiary/aromatic N) is 1. The molecule has 0 bridgehead atoms. The van der Waals surface area contributed by atoms with Gasteiger partial charge in [0.15, 0.2) is 5.75 Å². The van der Waals surface area contributed by atoms with Crippen molar-refractivity contribution in [1.29, 1.82) is 0 Å². The largest absolute Gasteiger partial charge is 0.422 e. The Morgan fingerprint density at radius 2 is 1.90 bits per heavy atom. The molecule has 0 saturated heterocycles. The van der Waals surface area contributed by atoms with Gasteiger partial charge in [-0.2, -0.15) is 0 Å². The van der Waals surface area contributed by atoms with Crippen LogP contribution in [-0.4, -0.2) is 29.7 Å². The van der Waals surface area contributed by atoms with E-state index in [2.05, 4.69) is 36.8 Å². The van der Waals surface area contributed by atoms with Gasteiger partial charge in [-0.15, -0.1) is 0 Å². The number of hydrogen-bond donors (Lipinski definition) is 1. The summed E-state index contributed by atoms with van der Waals surface area (Å²) >= 11 is 6.91. The molecule has 0 atom stereocenters. The number of rotatable bonds is 8. The SMILES string of the molecule is CCCC(=O)Oc1c(N(CCBr)CCBr)ccc(C)c1N. The number of anilines is 2. The normalized spacial score (nSPS) is 10.5. The molecule has 6 heteroatoms. The first-order chi connectivity index (χ1) is 10.0. The average Bonchev–Trinajstić information content (AvgIpc) is 2.44. The first-order valence-electron chi connectivity index (χ1n) is 7.01. The van der Waals surface area contributed by atoms with Crippen LogP contribution in [0.1, 0.15) is 25.3 Å². The van der Waals surface area contributed by atoms with E-state index >= 15 is 0 Å². The van der Waals surface area contributed by atoms with Crippen molar-refractivity contribution in [3.8, 4) is 5.75 Å². The van der Waals surface area contributed by atoms with Crippen LogP contribution in [-0.2, 0) is 4.79 Å². The van der Waals surface area contributed by atoms with Gasteiger partial charge in [0.1, 0.15) is 0 Å². The molecular formula is C15H22Br2N2O2. The van der Waals surface area contributed by atoms with Crippen molar-refractivity contribution in [2.75, 3.05) is 34.4 Å². The standard InChI is InChI=1S/C15H22Br2N2O2/c1-3-4-13(20)21-15-12(6-5-11(2)14(15)18)19(9-7-16)10-8-17/h5-6H,3-4,7-10,18H2,1-2H3. The first kappa shape index (κ1) is 18.3. The smallest absolute Gasteiger partial charge is 0.311 e. The molecule has 0 aliphatic carbocycles. The zero-order valence-corrected chi connectivity index (χ0v) is 15.7. The highest BCUT2D eigenvalue weighted by Gasteiger charge is 2.18. The second kappa shape index (κ2) is 9.30. The van der Waals surface area contributed by atoms with E-state index in [0.717, 1.165) is 41.4 Å². The maximum atomic E-state index is 11.9. The van der Waals surface area contributed by atoms with E-state index in [0.29, 0.717) is 17.9 Å². The van der Waals surface area contributed by atoms with Crippen LogP contribution in [0.4, 0.5) is 11.4 Å². The summed E-state index contributed by atoms with van der Waals surface area (Å²) in [5, 5.41) is 1.66. The predicted octanol–water partition coefficient (Wildman–Crippen LogP) is 3.88. The van der Waals surface area contributed by atoms with Crippen molar-refractivity contribution in [2.45, 2.75) is 26.7 Å². The van der Waals surface area contributed by atoms with Gasteiger partial charge in [-0.1, -0.05) is 44.8 Å². The van der Waals surface area contributed by atoms with Crippen molar-refractivity contribution >= 4 is 49.2 Å². The van der Waals surface area contributed by atoms with Crippen LogP contribution in [0.25, 0.3) is 0 Å². The average molecular weight is 422 g/mol. The maximum Gasteiger partial charge on any atom is 0.311 e. The Balaban J connectivity index is 3.17. The molecule has 1 aromatic rings. The molecule has 0 fully saturated rings. The summed E-state index contributed by atoms with van der Waals surface area (Å²) in [5.41, 5.74) is 8.44. The molecule has 0 aromatic heterocycles. The molecule has 0 radical (unpaired) electrons. The number of ether oxygens (including phenoxy) is 1.